The molecule has 0 fully saturated rings. The van der Waals surface area contributed by atoms with Crippen LogP contribution in [0, 0.1) is 11.3 Å². The number of benzene rings is 1. The second-order valence-corrected chi connectivity index (χ2v) is 3.62. The number of halogens is 1. The van der Waals surface area contributed by atoms with Crippen LogP contribution in [0.1, 0.15) is 5.56 Å². The van der Waals surface area contributed by atoms with Gasteiger partial charge in [-0.15, -0.1) is 0 Å². The van der Waals surface area contributed by atoms with Crippen molar-refractivity contribution in [2.24, 2.45) is 0 Å². The molecule has 5 heteroatoms. The number of hydrogen-bond donors (Lipinski definition) is 0. The van der Waals surface area contributed by atoms with E-state index in [0.29, 0.717) is 16.3 Å². The molecule has 0 radical (unpaired) electrons. The first kappa shape index (κ1) is 12.3. The lowest BCUT2D eigenvalue weighted by atomic mass is 10.2. The van der Waals surface area contributed by atoms with Gasteiger partial charge >= 0.3 is 5.97 Å². The maximum Gasteiger partial charge on any atom is 0.325 e. The molecule has 0 bridgehead atoms. The summed E-state index contributed by atoms with van der Waals surface area (Å²) in [4.78, 5) is 12.7. The topological polar surface area (TPSA) is 53.3 Å². The van der Waals surface area contributed by atoms with Crippen molar-refractivity contribution in [1.29, 1.82) is 5.26 Å². The minimum atomic E-state index is -0.345. The Kier molecular flexibility index (Phi) is 4.15. The molecule has 0 saturated heterocycles. The molecule has 0 aliphatic carbocycles. The quantitative estimate of drug-likeness (QED) is 0.754. The predicted octanol–water partition coefficient (Wildman–Crippen LogP) is 1.82. The van der Waals surface area contributed by atoms with Gasteiger partial charge in [0, 0.05) is 7.05 Å². The van der Waals surface area contributed by atoms with Gasteiger partial charge in [0.2, 0.25) is 0 Å². The van der Waals surface area contributed by atoms with E-state index in [1.54, 1.807) is 30.1 Å². The number of likely N-dealkylation sites (N-methyl/N-ethyl adjacent to an activating group) is 1. The van der Waals surface area contributed by atoms with Crippen molar-refractivity contribution in [3.8, 4) is 6.07 Å². The first-order valence-corrected chi connectivity index (χ1v) is 4.94. The van der Waals surface area contributed by atoms with Crippen molar-refractivity contribution in [3.63, 3.8) is 0 Å². The Bertz CT molecular complexity index is 440. The summed E-state index contributed by atoms with van der Waals surface area (Å²) >= 11 is 5.98. The number of nitriles is 1. The molecular formula is C11H11ClN2O2. The van der Waals surface area contributed by atoms with Crippen LogP contribution in [0.5, 0.6) is 0 Å². The van der Waals surface area contributed by atoms with Gasteiger partial charge in [-0.1, -0.05) is 11.6 Å². The highest BCUT2D eigenvalue weighted by Crippen LogP contribution is 2.25. The number of methoxy groups -OCH3 is 1. The summed E-state index contributed by atoms with van der Waals surface area (Å²) in [5, 5.41) is 9.11. The molecule has 0 saturated carbocycles. The average molecular weight is 239 g/mol. The standard InChI is InChI=1S/C11H11ClN2O2/c1-14(7-11(15)16-2)10-4-3-8(6-13)5-9(10)12/h3-5H,7H2,1-2H3. The lowest BCUT2D eigenvalue weighted by molar-refractivity contribution is -0.138. The fraction of sp³-hybridized carbons (Fsp3) is 0.273. The molecule has 1 rings (SSSR count). The number of carbonyl (C=O) groups is 1. The molecule has 0 aliphatic heterocycles. The molecule has 0 aromatic heterocycles. The van der Waals surface area contributed by atoms with Crippen molar-refractivity contribution in [2.45, 2.75) is 0 Å². The number of carbonyl (C=O) groups excluding carboxylic acids is 1. The summed E-state index contributed by atoms with van der Waals surface area (Å²) < 4.78 is 4.55. The molecule has 0 N–H and O–H groups in total. The van der Waals surface area contributed by atoms with Gasteiger partial charge in [-0.3, -0.25) is 4.79 Å². The van der Waals surface area contributed by atoms with Crippen LogP contribution in [0.25, 0.3) is 0 Å². The Hall–Kier alpha value is -1.73. The number of ether oxygens (including phenoxy) is 1. The van der Waals surface area contributed by atoms with Crippen LogP contribution in [0.15, 0.2) is 18.2 Å². The highest BCUT2D eigenvalue weighted by atomic mass is 35.5. The Morgan fingerprint density at radius 3 is 2.81 bits per heavy atom. The third-order valence-electron chi connectivity index (χ3n) is 2.08. The van der Waals surface area contributed by atoms with E-state index in [9.17, 15) is 4.79 Å². The van der Waals surface area contributed by atoms with Crippen molar-refractivity contribution in [3.05, 3.63) is 28.8 Å². The summed E-state index contributed by atoms with van der Waals surface area (Å²) in [6.45, 7) is 0.113. The maximum atomic E-state index is 11.1. The summed E-state index contributed by atoms with van der Waals surface area (Å²) in [5.74, 6) is -0.345. The molecule has 0 atom stereocenters. The van der Waals surface area contributed by atoms with Crippen LogP contribution in [0.4, 0.5) is 5.69 Å². The number of esters is 1. The first-order valence-electron chi connectivity index (χ1n) is 4.56. The second kappa shape index (κ2) is 5.38. The molecule has 0 heterocycles. The van der Waals surface area contributed by atoms with Crippen LogP contribution in [-0.2, 0) is 9.53 Å². The van der Waals surface area contributed by atoms with Gasteiger partial charge in [-0.2, -0.15) is 5.26 Å². The van der Waals surface area contributed by atoms with Gasteiger partial charge in [0.25, 0.3) is 0 Å². The van der Waals surface area contributed by atoms with Gasteiger partial charge in [-0.25, -0.2) is 0 Å². The van der Waals surface area contributed by atoms with E-state index < -0.39 is 0 Å². The Labute approximate surface area is 99.0 Å². The van der Waals surface area contributed by atoms with Crippen LogP contribution in [0.3, 0.4) is 0 Å². The molecule has 84 valence electrons. The van der Waals surface area contributed by atoms with Crippen molar-refractivity contribution in [2.75, 3.05) is 25.6 Å². The van der Waals surface area contributed by atoms with E-state index in [1.165, 1.54) is 7.11 Å². The largest absolute Gasteiger partial charge is 0.468 e. The third-order valence-corrected chi connectivity index (χ3v) is 2.38. The van der Waals surface area contributed by atoms with Crippen molar-refractivity contribution < 1.29 is 9.53 Å². The van der Waals surface area contributed by atoms with Crippen molar-refractivity contribution in [1.82, 2.24) is 0 Å². The molecule has 1 aromatic rings. The number of anilines is 1. The highest BCUT2D eigenvalue weighted by molar-refractivity contribution is 6.33. The Balaban J connectivity index is 2.88. The van der Waals surface area contributed by atoms with Crippen LogP contribution in [-0.4, -0.2) is 26.7 Å². The van der Waals surface area contributed by atoms with Crippen LogP contribution >= 0.6 is 11.6 Å². The van der Waals surface area contributed by atoms with E-state index in [1.807, 2.05) is 6.07 Å². The van der Waals surface area contributed by atoms with E-state index in [0.717, 1.165) is 0 Å². The number of rotatable bonds is 3. The van der Waals surface area contributed by atoms with Crippen molar-refractivity contribution >= 4 is 23.3 Å². The zero-order valence-corrected chi connectivity index (χ0v) is 9.78. The zero-order chi connectivity index (χ0) is 12.1. The molecule has 1 aromatic carbocycles. The Morgan fingerprint density at radius 2 is 2.31 bits per heavy atom. The van der Waals surface area contributed by atoms with Gasteiger partial charge in [0.1, 0.15) is 6.54 Å². The monoisotopic (exact) mass is 238 g/mol. The molecule has 16 heavy (non-hydrogen) atoms. The van der Waals surface area contributed by atoms with Gasteiger partial charge < -0.3 is 9.64 Å². The molecule has 0 aliphatic rings. The lowest BCUT2D eigenvalue weighted by Crippen LogP contribution is -2.26. The summed E-state index contributed by atoms with van der Waals surface area (Å²) in [7, 11) is 3.06. The Morgan fingerprint density at radius 1 is 1.62 bits per heavy atom. The lowest BCUT2D eigenvalue weighted by Gasteiger charge is -2.18. The molecule has 4 nitrogen and oxygen atoms in total. The summed E-state index contributed by atoms with van der Waals surface area (Å²) in [6, 6.07) is 6.90. The third kappa shape index (κ3) is 2.88. The van der Waals surface area contributed by atoms with Gasteiger partial charge in [-0.05, 0) is 18.2 Å². The fourth-order valence-corrected chi connectivity index (χ4v) is 1.55. The normalized spacial score (nSPS) is 9.38. The highest BCUT2D eigenvalue weighted by Gasteiger charge is 2.10. The zero-order valence-electron chi connectivity index (χ0n) is 9.03. The fourth-order valence-electron chi connectivity index (χ4n) is 1.23. The molecule has 0 unspecified atom stereocenters. The van der Waals surface area contributed by atoms with E-state index in [4.69, 9.17) is 16.9 Å². The average Bonchev–Trinajstić information content (AvgIpc) is 2.28. The molecular weight excluding hydrogens is 228 g/mol. The van der Waals surface area contributed by atoms with Gasteiger partial charge in [0.05, 0.1) is 29.5 Å². The van der Waals surface area contributed by atoms with Crippen LogP contribution in [0.2, 0.25) is 5.02 Å². The maximum absolute atomic E-state index is 11.1. The minimum absolute atomic E-state index is 0.113. The van der Waals surface area contributed by atoms with E-state index in [-0.39, 0.29) is 12.5 Å². The minimum Gasteiger partial charge on any atom is -0.468 e. The number of nitrogens with zero attached hydrogens (tertiary/aromatic N) is 2. The van der Waals surface area contributed by atoms with E-state index >= 15 is 0 Å². The SMILES string of the molecule is COC(=O)CN(C)c1ccc(C#N)cc1Cl. The molecule has 0 amide bonds. The summed E-state index contributed by atoms with van der Waals surface area (Å²) in [5.41, 5.74) is 1.17. The van der Waals surface area contributed by atoms with Gasteiger partial charge in [0.15, 0.2) is 0 Å². The number of hydrogen-bond acceptors (Lipinski definition) is 4. The first-order chi connectivity index (χ1) is 7.58. The summed E-state index contributed by atoms with van der Waals surface area (Å²) in [6.07, 6.45) is 0. The van der Waals surface area contributed by atoms with Crippen LogP contribution < -0.4 is 4.90 Å². The van der Waals surface area contributed by atoms with E-state index in [2.05, 4.69) is 4.74 Å². The smallest absolute Gasteiger partial charge is 0.325 e. The predicted molar refractivity (Wildman–Crippen MR) is 61.5 cm³/mol. The molecule has 0 spiro atoms. The second-order valence-electron chi connectivity index (χ2n) is 3.21.